The zero-order valence-electron chi connectivity index (χ0n) is 10.8. The third kappa shape index (κ3) is 2.73. The molecule has 1 aromatic carbocycles. The number of H-pyrrole nitrogens is 1. The molecule has 20 heavy (non-hydrogen) atoms. The van der Waals surface area contributed by atoms with Crippen molar-refractivity contribution in [3.8, 4) is 0 Å². The van der Waals surface area contributed by atoms with Gasteiger partial charge in [-0.15, -0.1) is 0 Å². The van der Waals surface area contributed by atoms with Crippen LogP contribution in [0.4, 0.5) is 0 Å². The Bertz CT molecular complexity index is 767. The Hall–Kier alpha value is -2.53. The summed E-state index contributed by atoms with van der Waals surface area (Å²) < 4.78 is 0. The van der Waals surface area contributed by atoms with Gasteiger partial charge < -0.3 is 10.3 Å². The van der Waals surface area contributed by atoms with Crippen LogP contribution in [-0.2, 0) is 13.1 Å². The summed E-state index contributed by atoms with van der Waals surface area (Å²) in [7, 11) is 0. The molecular formula is C15H14N4O. The zero-order valence-corrected chi connectivity index (χ0v) is 10.8. The van der Waals surface area contributed by atoms with Crippen molar-refractivity contribution in [3.63, 3.8) is 0 Å². The molecule has 5 nitrogen and oxygen atoms in total. The number of hydrogen-bond acceptors (Lipinski definition) is 4. The summed E-state index contributed by atoms with van der Waals surface area (Å²) in [5.41, 5.74) is 1.56. The minimum Gasteiger partial charge on any atom is -0.309 e. The van der Waals surface area contributed by atoms with E-state index in [1.807, 2.05) is 36.4 Å². The topological polar surface area (TPSA) is 70.7 Å². The van der Waals surface area contributed by atoms with Crippen LogP contribution in [0.15, 0.2) is 53.5 Å². The summed E-state index contributed by atoms with van der Waals surface area (Å²) >= 11 is 0. The summed E-state index contributed by atoms with van der Waals surface area (Å²) in [6.07, 6.45) is 1.76. The maximum absolute atomic E-state index is 11.9. The van der Waals surface area contributed by atoms with Crippen molar-refractivity contribution in [1.82, 2.24) is 20.3 Å². The van der Waals surface area contributed by atoms with Gasteiger partial charge in [0.25, 0.3) is 5.56 Å². The third-order valence-corrected chi connectivity index (χ3v) is 2.99. The van der Waals surface area contributed by atoms with E-state index in [0.29, 0.717) is 29.8 Å². The molecule has 2 N–H and O–H groups in total. The molecule has 2 aromatic heterocycles. The van der Waals surface area contributed by atoms with Crippen LogP contribution in [-0.4, -0.2) is 15.0 Å². The van der Waals surface area contributed by atoms with E-state index in [4.69, 9.17) is 0 Å². The fourth-order valence-electron chi connectivity index (χ4n) is 2.03. The molecule has 0 aliphatic heterocycles. The van der Waals surface area contributed by atoms with Gasteiger partial charge in [0, 0.05) is 12.7 Å². The van der Waals surface area contributed by atoms with Gasteiger partial charge in [-0.1, -0.05) is 18.2 Å². The average Bonchev–Trinajstić information content (AvgIpc) is 2.48. The molecule has 0 aliphatic carbocycles. The van der Waals surface area contributed by atoms with Crippen LogP contribution in [0, 0.1) is 0 Å². The van der Waals surface area contributed by atoms with E-state index in [1.54, 1.807) is 12.3 Å². The average molecular weight is 266 g/mol. The minimum absolute atomic E-state index is 0.106. The molecule has 0 radical (unpaired) electrons. The van der Waals surface area contributed by atoms with Crippen LogP contribution in [0.25, 0.3) is 10.9 Å². The molecule has 0 saturated carbocycles. The summed E-state index contributed by atoms with van der Waals surface area (Å²) in [6, 6.07) is 13.1. The molecule has 0 bridgehead atoms. The van der Waals surface area contributed by atoms with Gasteiger partial charge >= 0.3 is 0 Å². The smallest absolute Gasteiger partial charge is 0.258 e. The number of nitrogens with one attached hydrogen (secondary N) is 2. The lowest BCUT2D eigenvalue weighted by molar-refractivity contribution is 0.652. The lowest BCUT2D eigenvalue weighted by Crippen LogP contribution is -2.19. The highest BCUT2D eigenvalue weighted by Crippen LogP contribution is 2.05. The quantitative estimate of drug-likeness (QED) is 0.752. The van der Waals surface area contributed by atoms with Gasteiger partial charge in [-0.05, 0) is 24.3 Å². The van der Waals surface area contributed by atoms with Crippen LogP contribution in [0.2, 0.25) is 0 Å². The van der Waals surface area contributed by atoms with Gasteiger partial charge in [0.2, 0.25) is 0 Å². The number of hydrogen-bond donors (Lipinski definition) is 2. The van der Waals surface area contributed by atoms with Gasteiger partial charge in [-0.2, -0.15) is 0 Å². The second-order valence-electron chi connectivity index (χ2n) is 4.45. The molecule has 2 heterocycles. The molecule has 0 amide bonds. The third-order valence-electron chi connectivity index (χ3n) is 2.99. The number of rotatable bonds is 4. The predicted molar refractivity (Wildman–Crippen MR) is 77.1 cm³/mol. The standard InChI is InChI=1S/C15H14N4O/c20-15-12-6-1-2-7-13(12)18-14(19-15)10-16-9-11-5-3-4-8-17-11/h1-8,16H,9-10H2,(H,18,19,20). The number of pyridine rings is 1. The van der Waals surface area contributed by atoms with E-state index in [0.717, 1.165) is 5.69 Å². The Morgan fingerprint density at radius 1 is 1.05 bits per heavy atom. The Labute approximate surface area is 115 Å². The van der Waals surface area contributed by atoms with Crippen molar-refractivity contribution >= 4 is 10.9 Å². The number of para-hydroxylation sites is 1. The van der Waals surface area contributed by atoms with Crippen LogP contribution >= 0.6 is 0 Å². The summed E-state index contributed by atoms with van der Waals surface area (Å²) in [4.78, 5) is 23.3. The number of aromatic amines is 1. The van der Waals surface area contributed by atoms with Crippen molar-refractivity contribution < 1.29 is 0 Å². The van der Waals surface area contributed by atoms with Gasteiger partial charge in [-0.25, -0.2) is 4.98 Å². The largest absolute Gasteiger partial charge is 0.309 e. The van der Waals surface area contributed by atoms with Gasteiger partial charge in [0.05, 0.1) is 23.1 Å². The van der Waals surface area contributed by atoms with Crippen LogP contribution in [0.3, 0.4) is 0 Å². The molecule has 0 aliphatic rings. The summed E-state index contributed by atoms with van der Waals surface area (Å²) in [6.45, 7) is 1.13. The van der Waals surface area contributed by atoms with Crippen molar-refractivity contribution in [3.05, 3.63) is 70.5 Å². The van der Waals surface area contributed by atoms with Crippen molar-refractivity contribution in [2.24, 2.45) is 0 Å². The molecule has 5 heteroatoms. The first-order chi connectivity index (χ1) is 9.83. The van der Waals surface area contributed by atoms with Gasteiger partial charge in [0.1, 0.15) is 5.82 Å². The number of fused-ring (bicyclic) bond motifs is 1. The molecule has 0 fully saturated rings. The molecule has 3 aromatic rings. The Balaban J connectivity index is 1.73. The predicted octanol–water partition coefficient (Wildman–Crippen LogP) is 1.61. The maximum Gasteiger partial charge on any atom is 0.258 e. The second kappa shape index (κ2) is 5.63. The Kier molecular flexibility index (Phi) is 3.52. The first kappa shape index (κ1) is 12.5. The van der Waals surface area contributed by atoms with Crippen molar-refractivity contribution in [1.29, 1.82) is 0 Å². The van der Waals surface area contributed by atoms with Crippen LogP contribution in [0.5, 0.6) is 0 Å². The maximum atomic E-state index is 11.9. The number of benzene rings is 1. The fourth-order valence-corrected chi connectivity index (χ4v) is 2.03. The Morgan fingerprint density at radius 2 is 1.90 bits per heavy atom. The molecule has 0 unspecified atom stereocenters. The van der Waals surface area contributed by atoms with E-state index in [-0.39, 0.29) is 5.56 Å². The minimum atomic E-state index is -0.106. The first-order valence-corrected chi connectivity index (χ1v) is 6.41. The first-order valence-electron chi connectivity index (χ1n) is 6.41. The SMILES string of the molecule is O=c1[nH]c(CNCc2ccccn2)nc2ccccc12. The Morgan fingerprint density at radius 3 is 2.75 bits per heavy atom. The van der Waals surface area contributed by atoms with E-state index in [1.165, 1.54) is 0 Å². The second-order valence-corrected chi connectivity index (χ2v) is 4.45. The lowest BCUT2D eigenvalue weighted by atomic mass is 10.2. The lowest BCUT2D eigenvalue weighted by Gasteiger charge is -2.05. The summed E-state index contributed by atoms with van der Waals surface area (Å²) in [5.74, 6) is 0.629. The van der Waals surface area contributed by atoms with E-state index in [9.17, 15) is 4.79 Å². The highest BCUT2D eigenvalue weighted by Gasteiger charge is 2.02. The zero-order chi connectivity index (χ0) is 13.8. The highest BCUT2D eigenvalue weighted by atomic mass is 16.1. The molecule has 100 valence electrons. The normalized spacial score (nSPS) is 10.8. The van der Waals surface area contributed by atoms with E-state index >= 15 is 0 Å². The molecule has 3 rings (SSSR count). The van der Waals surface area contributed by atoms with Crippen LogP contribution < -0.4 is 10.9 Å². The van der Waals surface area contributed by atoms with E-state index in [2.05, 4.69) is 20.3 Å². The summed E-state index contributed by atoms with van der Waals surface area (Å²) in [5, 5.41) is 3.83. The molecule has 0 atom stereocenters. The van der Waals surface area contributed by atoms with Gasteiger partial charge in [0.15, 0.2) is 0 Å². The van der Waals surface area contributed by atoms with Crippen molar-refractivity contribution in [2.45, 2.75) is 13.1 Å². The number of aromatic nitrogens is 3. The van der Waals surface area contributed by atoms with Crippen LogP contribution in [0.1, 0.15) is 11.5 Å². The molecular weight excluding hydrogens is 252 g/mol. The fraction of sp³-hybridized carbons (Fsp3) is 0.133. The van der Waals surface area contributed by atoms with Crippen molar-refractivity contribution in [2.75, 3.05) is 0 Å². The van der Waals surface area contributed by atoms with Gasteiger partial charge in [-0.3, -0.25) is 9.78 Å². The monoisotopic (exact) mass is 266 g/mol. The molecule has 0 saturated heterocycles. The van der Waals surface area contributed by atoms with E-state index < -0.39 is 0 Å². The highest BCUT2D eigenvalue weighted by molar-refractivity contribution is 5.77. The molecule has 0 spiro atoms. The number of nitrogens with zero attached hydrogens (tertiary/aromatic N) is 2.